The zero-order valence-electron chi connectivity index (χ0n) is 22.6. The molecular weight excluding hydrogens is 556 g/mol. The molecule has 2 fully saturated rings. The van der Waals surface area contributed by atoms with Gasteiger partial charge in [0.1, 0.15) is 48.6 Å². The van der Waals surface area contributed by atoms with Crippen LogP contribution in [0.2, 0.25) is 0 Å². The Morgan fingerprint density at radius 3 is 2.31 bits per heavy atom. The van der Waals surface area contributed by atoms with Gasteiger partial charge >= 0.3 is 5.97 Å². The van der Waals surface area contributed by atoms with E-state index < -0.39 is 74.5 Å². The lowest BCUT2D eigenvalue weighted by Gasteiger charge is -2.42. The van der Waals surface area contributed by atoms with Crippen molar-refractivity contribution in [1.29, 1.82) is 0 Å². The minimum atomic E-state index is -2.02. The first-order chi connectivity index (χ1) is 20.1. The third-order valence-electron chi connectivity index (χ3n) is 7.00. The smallest absolute Gasteiger partial charge is 0.309 e. The average Bonchev–Trinajstić information content (AvgIpc) is 3.26. The van der Waals surface area contributed by atoms with Gasteiger partial charge < -0.3 is 59.4 Å². The van der Waals surface area contributed by atoms with Gasteiger partial charge in [-0.05, 0) is 41.8 Å². The molecule has 0 bridgehead atoms. The Hall–Kier alpha value is -3.11. The topological polar surface area (TPSA) is 205 Å². The van der Waals surface area contributed by atoms with Gasteiger partial charge in [0, 0.05) is 0 Å². The van der Waals surface area contributed by atoms with Crippen LogP contribution in [-0.2, 0) is 34.9 Å². The van der Waals surface area contributed by atoms with Crippen molar-refractivity contribution in [3.05, 3.63) is 65.7 Å². The van der Waals surface area contributed by atoms with Crippen LogP contribution in [0.4, 0.5) is 0 Å². The molecule has 2 heterocycles. The van der Waals surface area contributed by atoms with E-state index in [1.807, 2.05) is 0 Å². The van der Waals surface area contributed by atoms with E-state index in [2.05, 4.69) is 0 Å². The fraction of sp³-hybridized carbons (Fsp3) is 0.483. The van der Waals surface area contributed by atoms with Crippen molar-refractivity contribution in [3.63, 3.8) is 0 Å². The number of carbonyl (C=O) groups is 1. The van der Waals surface area contributed by atoms with E-state index in [1.165, 1.54) is 24.3 Å². The summed E-state index contributed by atoms with van der Waals surface area (Å²) in [4.78, 5) is 12.2. The number of ether oxygens (including phenoxy) is 5. The Balaban J connectivity index is 1.31. The second-order valence-electron chi connectivity index (χ2n) is 10.2. The zero-order valence-corrected chi connectivity index (χ0v) is 22.6. The van der Waals surface area contributed by atoms with Gasteiger partial charge in [-0.15, -0.1) is 0 Å². The van der Waals surface area contributed by atoms with Crippen molar-refractivity contribution in [2.24, 2.45) is 0 Å². The van der Waals surface area contributed by atoms with Gasteiger partial charge in [0.25, 0.3) is 0 Å². The number of benzene rings is 2. The van der Waals surface area contributed by atoms with Crippen LogP contribution in [0.15, 0.2) is 54.6 Å². The van der Waals surface area contributed by atoms with Crippen LogP contribution in [0.3, 0.4) is 0 Å². The molecule has 0 unspecified atom stereocenters. The summed E-state index contributed by atoms with van der Waals surface area (Å²) in [6, 6.07) is 12.8. The summed E-state index contributed by atoms with van der Waals surface area (Å²) >= 11 is 0. The number of aromatic hydroxyl groups is 2. The van der Waals surface area contributed by atoms with E-state index in [9.17, 15) is 40.5 Å². The molecule has 2 aromatic carbocycles. The summed E-state index contributed by atoms with van der Waals surface area (Å²) in [6.45, 7) is -1.61. The highest BCUT2D eigenvalue weighted by Gasteiger charge is 2.53. The van der Waals surface area contributed by atoms with E-state index in [1.54, 1.807) is 36.4 Å². The fourth-order valence-corrected chi connectivity index (χ4v) is 4.48. The van der Waals surface area contributed by atoms with Crippen LogP contribution < -0.4 is 0 Å². The molecule has 13 heteroatoms. The van der Waals surface area contributed by atoms with Crippen LogP contribution in [0.1, 0.15) is 17.5 Å². The van der Waals surface area contributed by atoms with Crippen LogP contribution in [0.25, 0.3) is 6.08 Å². The van der Waals surface area contributed by atoms with Crippen LogP contribution >= 0.6 is 0 Å². The molecule has 0 amide bonds. The summed E-state index contributed by atoms with van der Waals surface area (Å²) in [7, 11) is 0. The van der Waals surface area contributed by atoms with Gasteiger partial charge in [0.15, 0.2) is 18.2 Å². The van der Waals surface area contributed by atoms with E-state index >= 15 is 0 Å². The third-order valence-corrected chi connectivity index (χ3v) is 7.00. The van der Waals surface area contributed by atoms with Crippen molar-refractivity contribution < 1.29 is 64.2 Å². The molecule has 0 spiro atoms. The average molecular weight is 593 g/mol. The van der Waals surface area contributed by atoms with E-state index in [-0.39, 0.29) is 24.5 Å². The first-order valence-electron chi connectivity index (χ1n) is 13.4. The monoisotopic (exact) mass is 592 g/mol. The highest BCUT2D eigenvalue weighted by Crippen LogP contribution is 2.32. The molecule has 8 atom stereocenters. The van der Waals surface area contributed by atoms with Crippen molar-refractivity contribution in [1.82, 2.24) is 0 Å². The SMILES string of the molecule is O=C(C/C=C/c1ccc(O)cc1)OC[C@@]1(O)CO[C@@H](O[C@H]2[C@H](OCCc3ccc(O)cc3)O[C@H](CO)[C@@H](O)[C@@H]2O)[C@@H]1O. The predicted molar refractivity (Wildman–Crippen MR) is 144 cm³/mol. The molecule has 0 aromatic heterocycles. The zero-order chi connectivity index (χ0) is 30.3. The molecule has 2 aliphatic rings. The fourth-order valence-electron chi connectivity index (χ4n) is 4.48. The lowest BCUT2D eigenvalue weighted by Crippen LogP contribution is -2.61. The van der Waals surface area contributed by atoms with Gasteiger partial charge in [-0.25, -0.2) is 0 Å². The molecule has 2 saturated heterocycles. The first-order valence-corrected chi connectivity index (χ1v) is 13.4. The quantitative estimate of drug-likeness (QED) is 0.157. The number of aliphatic hydroxyl groups is 5. The lowest BCUT2D eigenvalue weighted by molar-refractivity contribution is -0.335. The van der Waals surface area contributed by atoms with Gasteiger partial charge in [-0.3, -0.25) is 4.79 Å². The lowest BCUT2D eigenvalue weighted by atomic mass is 9.98. The normalized spacial score (nSPS) is 31.4. The number of aliphatic hydroxyl groups excluding tert-OH is 4. The first kappa shape index (κ1) is 31.8. The summed E-state index contributed by atoms with van der Waals surface area (Å²) in [5.74, 6) is -0.450. The summed E-state index contributed by atoms with van der Waals surface area (Å²) in [5.41, 5.74) is -0.431. The Bertz CT molecular complexity index is 1170. The number of hydrogen-bond donors (Lipinski definition) is 7. The maximum atomic E-state index is 12.2. The van der Waals surface area contributed by atoms with Crippen molar-refractivity contribution in [2.75, 3.05) is 26.4 Å². The van der Waals surface area contributed by atoms with Crippen molar-refractivity contribution in [2.45, 2.75) is 61.5 Å². The maximum absolute atomic E-state index is 12.2. The Labute approximate surface area is 241 Å². The molecule has 0 aliphatic carbocycles. The number of esters is 1. The minimum Gasteiger partial charge on any atom is -0.508 e. The summed E-state index contributed by atoms with van der Waals surface area (Å²) < 4.78 is 27.6. The molecule has 4 rings (SSSR count). The Kier molecular flexibility index (Phi) is 10.9. The molecule has 7 N–H and O–H groups in total. The molecule has 2 aromatic rings. The van der Waals surface area contributed by atoms with Crippen LogP contribution in [0, 0.1) is 0 Å². The molecule has 2 aliphatic heterocycles. The second kappa shape index (κ2) is 14.4. The van der Waals surface area contributed by atoms with Crippen LogP contribution in [-0.4, -0.2) is 117 Å². The van der Waals surface area contributed by atoms with E-state index in [0.29, 0.717) is 6.42 Å². The molecule has 0 saturated carbocycles. The van der Waals surface area contributed by atoms with E-state index in [4.69, 9.17) is 23.7 Å². The number of rotatable bonds is 12. The minimum absolute atomic E-state index is 0.0748. The van der Waals surface area contributed by atoms with Crippen molar-refractivity contribution >= 4 is 12.0 Å². The summed E-state index contributed by atoms with van der Waals surface area (Å²) in [5, 5.41) is 71.1. The number of hydrogen-bond acceptors (Lipinski definition) is 13. The number of carbonyl (C=O) groups excluding carboxylic acids is 1. The third kappa shape index (κ3) is 8.04. The highest BCUT2D eigenvalue weighted by atomic mass is 16.8. The maximum Gasteiger partial charge on any atom is 0.309 e. The number of phenolic OH excluding ortho intramolecular Hbond substituents is 2. The molecule has 42 heavy (non-hydrogen) atoms. The summed E-state index contributed by atoms with van der Waals surface area (Å²) in [6.07, 6.45) is -6.76. The standard InChI is InChI=1S/C29H36O13/c30-14-21-23(34)24(35)25(27(41-21)38-13-12-18-6-10-20(32)11-7-18)42-28-26(36)29(37,16-40-28)15-39-22(33)3-1-2-17-4-8-19(31)9-5-17/h1-2,4-11,21,23-28,30-32,34-37H,3,12-16H2/b2-1+/t21-,23-,24+,25-,26+,27-,28+,29-/m1/s1. The molecule has 230 valence electrons. The van der Waals surface area contributed by atoms with Crippen LogP contribution in [0.5, 0.6) is 11.5 Å². The van der Waals surface area contributed by atoms with Gasteiger partial charge in [-0.2, -0.15) is 0 Å². The Morgan fingerprint density at radius 1 is 0.976 bits per heavy atom. The second-order valence-corrected chi connectivity index (χ2v) is 10.2. The van der Waals surface area contributed by atoms with E-state index in [0.717, 1.165) is 11.1 Å². The predicted octanol–water partition coefficient (Wildman–Crippen LogP) is -0.424. The molecule has 13 nitrogen and oxygen atoms in total. The highest BCUT2D eigenvalue weighted by molar-refractivity contribution is 5.72. The molecular formula is C29H36O13. The van der Waals surface area contributed by atoms with Gasteiger partial charge in [0.2, 0.25) is 0 Å². The number of phenols is 2. The molecule has 0 radical (unpaired) electrons. The van der Waals surface area contributed by atoms with Gasteiger partial charge in [-0.1, -0.05) is 36.4 Å². The Morgan fingerprint density at radius 2 is 1.64 bits per heavy atom. The largest absolute Gasteiger partial charge is 0.508 e. The van der Waals surface area contributed by atoms with Gasteiger partial charge in [0.05, 0.1) is 26.2 Å². The van der Waals surface area contributed by atoms with Crippen molar-refractivity contribution in [3.8, 4) is 11.5 Å².